The number of ketones is 1. The van der Waals surface area contributed by atoms with Crippen LogP contribution < -0.4 is 0 Å². The van der Waals surface area contributed by atoms with Crippen molar-refractivity contribution in [1.29, 1.82) is 0 Å². The minimum absolute atomic E-state index is 0.119. The van der Waals surface area contributed by atoms with E-state index in [0.29, 0.717) is 12.8 Å². The fraction of sp³-hybridized carbons (Fsp3) is 0.895. The van der Waals surface area contributed by atoms with E-state index in [1.54, 1.807) is 0 Å². The molecule has 0 heterocycles. The van der Waals surface area contributed by atoms with Gasteiger partial charge in [0.1, 0.15) is 5.78 Å². The quantitative estimate of drug-likeness (QED) is 0.267. The maximum absolute atomic E-state index is 12.0. The minimum Gasteiger partial charge on any atom is -0.299 e. The van der Waals surface area contributed by atoms with Gasteiger partial charge in [0.15, 0.2) is 0 Å². The summed E-state index contributed by atoms with van der Waals surface area (Å²) in [6.07, 6.45) is 17.5. The Morgan fingerprint density at radius 1 is 0.762 bits per heavy atom. The first-order chi connectivity index (χ1) is 10.3. The first-order valence-corrected chi connectivity index (χ1v) is 9.16. The molecular formula is C19H35O2. The van der Waals surface area contributed by atoms with Crippen molar-refractivity contribution in [3.8, 4) is 0 Å². The standard InChI is InChI=1S/C19H35O2/c1-3-5-7-9-11-13-15-18(17-20)19(21)16-14-12-10-8-6-4-2/h18H,3-16H2,1-2H3. The van der Waals surface area contributed by atoms with E-state index in [-0.39, 0.29) is 5.78 Å². The van der Waals surface area contributed by atoms with Gasteiger partial charge in [-0.2, -0.15) is 0 Å². The first-order valence-electron chi connectivity index (χ1n) is 9.16. The Labute approximate surface area is 132 Å². The topological polar surface area (TPSA) is 34.1 Å². The van der Waals surface area contributed by atoms with E-state index in [9.17, 15) is 9.59 Å². The van der Waals surface area contributed by atoms with Crippen molar-refractivity contribution in [2.24, 2.45) is 5.92 Å². The fourth-order valence-corrected chi connectivity index (χ4v) is 2.67. The molecular weight excluding hydrogens is 260 g/mol. The van der Waals surface area contributed by atoms with Crippen molar-refractivity contribution < 1.29 is 9.59 Å². The first kappa shape index (κ1) is 20.3. The maximum Gasteiger partial charge on any atom is 0.209 e. The van der Waals surface area contributed by atoms with Gasteiger partial charge in [0.2, 0.25) is 6.29 Å². The molecule has 1 unspecified atom stereocenters. The lowest BCUT2D eigenvalue weighted by molar-refractivity contribution is -0.121. The van der Waals surface area contributed by atoms with E-state index in [2.05, 4.69) is 13.8 Å². The molecule has 2 heteroatoms. The molecule has 0 aromatic rings. The molecule has 0 bridgehead atoms. The van der Waals surface area contributed by atoms with Crippen molar-refractivity contribution in [2.75, 3.05) is 0 Å². The second-order valence-corrected chi connectivity index (χ2v) is 6.21. The van der Waals surface area contributed by atoms with E-state index < -0.39 is 5.92 Å². The van der Waals surface area contributed by atoms with E-state index in [1.807, 2.05) is 6.29 Å². The second-order valence-electron chi connectivity index (χ2n) is 6.21. The van der Waals surface area contributed by atoms with Crippen molar-refractivity contribution >= 4 is 12.1 Å². The molecule has 0 aliphatic carbocycles. The van der Waals surface area contributed by atoms with Crippen LogP contribution in [-0.2, 0) is 9.59 Å². The zero-order valence-electron chi connectivity index (χ0n) is 14.3. The lowest BCUT2D eigenvalue weighted by Gasteiger charge is -2.08. The molecule has 0 saturated carbocycles. The van der Waals surface area contributed by atoms with Crippen LogP contribution in [0.3, 0.4) is 0 Å². The van der Waals surface area contributed by atoms with E-state index in [1.165, 1.54) is 51.4 Å². The van der Waals surface area contributed by atoms with Crippen molar-refractivity contribution in [3.05, 3.63) is 0 Å². The SMILES string of the molecule is CCCCCCCCC(=O)C([C]=O)CCCCCCCC. The fourth-order valence-electron chi connectivity index (χ4n) is 2.67. The van der Waals surface area contributed by atoms with Crippen LogP contribution in [0.1, 0.15) is 104 Å². The van der Waals surface area contributed by atoms with Crippen LogP contribution in [0.5, 0.6) is 0 Å². The van der Waals surface area contributed by atoms with Gasteiger partial charge in [0.05, 0.1) is 5.92 Å². The third-order valence-electron chi connectivity index (χ3n) is 4.15. The van der Waals surface area contributed by atoms with Crippen LogP contribution in [0.15, 0.2) is 0 Å². The van der Waals surface area contributed by atoms with Gasteiger partial charge in [-0.05, 0) is 12.8 Å². The predicted octanol–water partition coefficient (Wildman–Crippen LogP) is 5.78. The molecule has 0 aliphatic rings. The highest BCUT2D eigenvalue weighted by molar-refractivity contribution is 5.93. The highest BCUT2D eigenvalue weighted by Gasteiger charge is 2.17. The molecule has 0 amide bonds. The second kappa shape index (κ2) is 15.7. The predicted molar refractivity (Wildman–Crippen MR) is 90.2 cm³/mol. The molecule has 21 heavy (non-hydrogen) atoms. The Balaban J connectivity index is 3.59. The van der Waals surface area contributed by atoms with Gasteiger partial charge in [0, 0.05) is 6.42 Å². The van der Waals surface area contributed by atoms with Gasteiger partial charge in [-0.15, -0.1) is 0 Å². The van der Waals surface area contributed by atoms with Crippen LogP contribution in [0.25, 0.3) is 0 Å². The Kier molecular flexibility index (Phi) is 15.2. The van der Waals surface area contributed by atoms with Crippen LogP contribution in [0, 0.1) is 5.92 Å². The molecule has 1 atom stereocenters. The Hall–Kier alpha value is -0.660. The molecule has 0 N–H and O–H groups in total. The molecule has 0 fully saturated rings. The molecule has 0 saturated heterocycles. The number of hydrogen-bond donors (Lipinski definition) is 0. The van der Waals surface area contributed by atoms with E-state index >= 15 is 0 Å². The molecule has 123 valence electrons. The summed E-state index contributed by atoms with van der Waals surface area (Å²) in [6.45, 7) is 4.41. The summed E-state index contributed by atoms with van der Waals surface area (Å²) in [6, 6.07) is 0. The highest BCUT2D eigenvalue weighted by Crippen LogP contribution is 2.15. The lowest BCUT2D eigenvalue weighted by atomic mass is 9.94. The summed E-state index contributed by atoms with van der Waals surface area (Å²) in [5, 5.41) is 0. The molecule has 1 radical (unpaired) electrons. The third-order valence-corrected chi connectivity index (χ3v) is 4.15. The Morgan fingerprint density at radius 2 is 1.24 bits per heavy atom. The number of carbonyl (C=O) groups is 1. The zero-order valence-corrected chi connectivity index (χ0v) is 14.3. The van der Waals surface area contributed by atoms with Gasteiger partial charge in [-0.25, -0.2) is 0 Å². The average molecular weight is 295 g/mol. The smallest absolute Gasteiger partial charge is 0.209 e. The summed E-state index contributed by atoms with van der Waals surface area (Å²) >= 11 is 0. The van der Waals surface area contributed by atoms with Gasteiger partial charge in [-0.3, -0.25) is 9.59 Å². The molecule has 0 aromatic heterocycles. The van der Waals surface area contributed by atoms with Gasteiger partial charge in [-0.1, -0.05) is 84.5 Å². The number of hydrogen-bond acceptors (Lipinski definition) is 2. The number of unbranched alkanes of at least 4 members (excludes halogenated alkanes) is 10. The normalized spacial score (nSPS) is 12.3. The summed E-state index contributed by atoms with van der Waals surface area (Å²) in [5.74, 6) is -0.333. The average Bonchev–Trinajstić information content (AvgIpc) is 2.50. The van der Waals surface area contributed by atoms with Crippen LogP contribution >= 0.6 is 0 Å². The van der Waals surface area contributed by atoms with Crippen LogP contribution in [0.2, 0.25) is 0 Å². The molecule has 2 nitrogen and oxygen atoms in total. The van der Waals surface area contributed by atoms with Gasteiger partial charge in [0.25, 0.3) is 0 Å². The molecule has 0 aliphatic heterocycles. The van der Waals surface area contributed by atoms with Gasteiger partial charge < -0.3 is 0 Å². The summed E-state index contributed by atoms with van der Waals surface area (Å²) in [4.78, 5) is 22.9. The summed E-state index contributed by atoms with van der Waals surface area (Å²) in [5.41, 5.74) is 0. The number of Topliss-reactive ketones (excluding diaryl/α,β-unsaturated/α-hetero) is 1. The minimum atomic E-state index is -0.452. The summed E-state index contributed by atoms with van der Waals surface area (Å²) in [7, 11) is 0. The largest absolute Gasteiger partial charge is 0.299 e. The van der Waals surface area contributed by atoms with Crippen molar-refractivity contribution in [2.45, 2.75) is 104 Å². The lowest BCUT2D eigenvalue weighted by Crippen LogP contribution is -2.15. The molecule has 0 aromatic carbocycles. The Morgan fingerprint density at radius 3 is 1.76 bits per heavy atom. The Bertz CT molecular complexity index is 248. The highest BCUT2D eigenvalue weighted by atomic mass is 16.1. The monoisotopic (exact) mass is 295 g/mol. The number of carbonyl (C=O) groups excluding carboxylic acids is 2. The zero-order chi connectivity index (χ0) is 15.8. The molecule has 0 rings (SSSR count). The van der Waals surface area contributed by atoms with Crippen LogP contribution in [0.4, 0.5) is 0 Å². The van der Waals surface area contributed by atoms with Gasteiger partial charge >= 0.3 is 0 Å². The molecule has 0 spiro atoms. The van der Waals surface area contributed by atoms with E-state index in [0.717, 1.165) is 25.7 Å². The maximum atomic E-state index is 12.0. The van der Waals surface area contributed by atoms with E-state index in [4.69, 9.17) is 0 Å². The number of rotatable bonds is 16. The summed E-state index contributed by atoms with van der Waals surface area (Å²) < 4.78 is 0. The van der Waals surface area contributed by atoms with Crippen molar-refractivity contribution in [3.63, 3.8) is 0 Å². The van der Waals surface area contributed by atoms with Crippen LogP contribution in [-0.4, -0.2) is 12.1 Å². The third kappa shape index (κ3) is 12.8. The van der Waals surface area contributed by atoms with Crippen molar-refractivity contribution in [1.82, 2.24) is 0 Å².